The Morgan fingerprint density at radius 1 is 0.962 bits per heavy atom. The summed E-state index contributed by atoms with van der Waals surface area (Å²) in [6.07, 6.45) is 4.19. The van der Waals surface area contributed by atoms with Gasteiger partial charge in [0.15, 0.2) is 0 Å². The van der Waals surface area contributed by atoms with Gasteiger partial charge in [0.1, 0.15) is 0 Å². The Kier molecular flexibility index (Phi) is 5.84. The number of rotatable bonds is 4. The minimum absolute atomic E-state index is 0.155. The monoisotopic (exact) mass is 392 g/mol. The van der Waals surface area contributed by atoms with Crippen LogP contribution in [0.2, 0.25) is 5.02 Å². The van der Waals surface area contributed by atoms with Crippen molar-refractivity contribution in [2.75, 3.05) is 17.8 Å². The van der Waals surface area contributed by atoms with Crippen molar-refractivity contribution >= 4 is 33.2 Å². The molecule has 7 heteroatoms. The van der Waals surface area contributed by atoms with Crippen molar-refractivity contribution in [2.24, 2.45) is 0 Å². The van der Waals surface area contributed by atoms with E-state index in [1.807, 2.05) is 0 Å². The summed E-state index contributed by atoms with van der Waals surface area (Å²) in [5.74, 6) is -0.155. The standard InChI is InChI=1S/C19H21ClN2O3S/c20-18-11-10-15(21-26(24,25)16-8-4-3-5-9-16)14-17(18)19(23)22-12-6-1-2-7-13-22/h3-5,8-11,14,21H,1-2,6-7,12-13H2. The molecule has 2 aromatic carbocycles. The Morgan fingerprint density at radius 3 is 2.27 bits per heavy atom. The number of likely N-dealkylation sites (tertiary alicyclic amines) is 1. The van der Waals surface area contributed by atoms with Crippen LogP contribution in [0, 0.1) is 0 Å². The molecule has 1 amide bonds. The molecule has 26 heavy (non-hydrogen) atoms. The number of hydrogen-bond donors (Lipinski definition) is 1. The number of hydrogen-bond acceptors (Lipinski definition) is 3. The van der Waals surface area contributed by atoms with Gasteiger partial charge in [-0.2, -0.15) is 0 Å². The molecular weight excluding hydrogens is 372 g/mol. The van der Waals surface area contributed by atoms with Crippen molar-refractivity contribution in [2.45, 2.75) is 30.6 Å². The number of nitrogens with one attached hydrogen (secondary N) is 1. The summed E-state index contributed by atoms with van der Waals surface area (Å²) >= 11 is 6.21. The second-order valence-corrected chi connectivity index (χ2v) is 8.41. The molecule has 0 aliphatic carbocycles. The Hall–Kier alpha value is -2.05. The van der Waals surface area contributed by atoms with E-state index in [0.29, 0.717) is 29.4 Å². The van der Waals surface area contributed by atoms with Crippen LogP contribution in [-0.4, -0.2) is 32.3 Å². The molecule has 138 valence electrons. The molecule has 1 fully saturated rings. The molecule has 1 N–H and O–H groups in total. The Morgan fingerprint density at radius 2 is 1.62 bits per heavy atom. The zero-order chi connectivity index (χ0) is 18.6. The van der Waals surface area contributed by atoms with Crippen LogP contribution in [0.4, 0.5) is 5.69 Å². The fraction of sp³-hybridized carbons (Fsp3) is 0.316. The minimum Gasteiger partial charge on any atom is -0.339 e. The third kappa shape index (κ3) is 4.37. The minimum atomic E-state index is -3.72. The number of amides is 1. The first-order chi connectivity index (χ1) is 12.5. The van der Waals surface area contributed by atoms with Gasteiger partial charge in [0.2, 0.25) is 0 Å². The zero-order valence-electron chi connectivity index (χ0n) is 14.3. The molecule has 0 unspecified atom stereocenters. The molecule has 1 aliphatic heterocycles. The van der Waals surface area contributed by atoms with Crippen molar-refractivity contribution < 1.29 is 13.2 Å². The van der Waals surface area contributed by atoms with E-state index in [1.165, 1.54) is 18.2 Å². The first-order valence-electron chi connectivity index (χ1n) is 8.64. The first kappa shape index (κ1) is 18.7. The maximum absolute atomic E-state index is 12.8. The second-order valence-electron chi connectivity index (χ2n) is 6.32. The lowest BCUT2D eigenvalue weighted by Gasteiger charge is -2.21. The normalized spacial score (nSPS) is 15.3. The van der Waals surface area contributed by atoms with E-state index in [9.17, 15) is 13.2 Å². The van der Waals surface area contributed by atoms with E-state index in [-0.39, 0.29) is 10.8 Å². The van der Waals surface area contributed by atoms with Gasteiger partial charge in [0.25, 0.3) is 15.9 Å². The highest BCUT2D eigenvalue weighted by atomic mass is 35.5. The molecule has 0 radical (unpaired) electrons. The average molecular weight is 393 g/mol. The molecule has 3 rings (SSSR count). The Balaban J connectivity index is 1.84. The highest BCUT2D eigenvalue weighted by Gasteiger charge is 2.21. The number of sulfonamides is 1. The van der Waals surface area contributed by atoms with Gasteiger partial charge in [-0.05, 0) is 43.2 Å². The van der Waals surface area contributed by atoms with Crippen molar-refractivity contribution in [3.63, 3.8) is 0 Å². The number of nitrogens with zero attached hydrogens (tertiary/aromatic N) is 1. The lowest BCUT2D eigenvalue weighted by molar-refractivity contribution is 0.0762. The van der Waals surface area contributed by atoms with Crippen LogP contribution in [-0.2, 0) is 10.0 Å². The maximum atomic E-state index is 12.8. The summed E-state index contributed by atoms with van der Waals surface area (Å²) in [6.45, 7) is 1.41. The van der Waals surface area contributed by atoms with Crippen molar-refractivity contribution in [3.8, 4) is 0 Å². The fourth-order valence-electron chi connectivity index (χ4n) is 3.01. The highest BCUT2D eigenvalue weighted by molar-refractivity contribution is 7.92. The smallest absolute Gasteiger partial charge is 0.261 e. The fourth-order valence-corrected chi connectivity index (χ4v) is 4.28. The summed E-state index contributed by atoms with van der Waals surface area (Å²) < 4.78 is 27.5. The topological polar surface area (TPSA) is 66.5 Å². The van der Waals surface area contributed by atoms with Gasteiger partial charge in [0.05, 0.1) is 15.5 Å². The molecule has 1 saturated heterocycles. The van der Waals surface area contributed by atoms with E-state index >= 15 is 0 Å². The van der Waals surface area contributed by atoms with Gasteiger partial charge in [-0.1, -0.05) is 42.6 Å². The summed E-state index contributed by atoms with van der Waals surface area (Å²) in [4.78, 5) is 14.8. The summed E-state index contributed by atoms with van der Waals surface area (Å²) in [7, 11) is -3.72. The van der Waals surface area contributed by atoms with Crippen LogP contribution in [0.15, 0.2) is 53.4 Å². The lowest BCUT2D eigenvalue weighted by atomic mass is 10.1. The van der Waals surface area contributed by atoms with Gasteiger partial charge in [0, 0.05) is 18.8 Å². The SMILES string of the molecule is O=C(c1cc(NS(=O)(=O)c2ccccc2)ccc1Cl)N1CCCCCC1. The van der Waals surface area contributed by atoms with E-state index in [4.69, 9.17) is 11.6 Å². The third-order valence-corrected chi connectivity index (χ3v) is 6.12. The second kappa shape index (κ2) is 8.10. The molecule has 0 aromatic heterocycles. The largest absolute Gasteiger partial charge is 0.339 e. The van der Waals surface area contributed by atoms with E-state index in [0.717, 1.165) is 25.7 Å². The number of halogens is 1. The van der Waals surface area contributed by atoms with E-state index in [1.54, 1.807) is 35.2 Å². The number of carbonyl (C=O) groups is 1. The van der Waals surface area contributed by atoms with Gasteiger partial charge < -0.3 is 4.90 Å². The molecule has 2 aromatic rings. The van der Waals surface area contributed by atoms with Crippen LogP contribution in [0.3, 0.4) is 0 Å². The van der Waals surface area contributed by atoms with Crippen molar-refractivity contribution in [1.29, 1.82) is 0 Å². The Labute approximate surface area is 159 Å². The number of carbonyl (C=O) groups excluding carboxylic acids is 1. The van der Waals surface area contributed by atoms with Crippen LogP contribution >= 0.6 is 11.6 Å². The highest BCUT2D eigenvalue weighted by Crippen LogP contribution is 2.25. The summed E-state index contributed by atoms with van der Waals surface area (Å²) in [5.41, 5.74) is 0.637. The molecule has 1 heterocycles. The van der Waals surface area contributed by atoms with Crippen LogP contribution in [0.5, 0.6) is 0 Å². The predicted molar refractivity (Wildman–Crippen MR) is 103 cm³/mol. The molecule has 0 atom stereocenters. The predicted octanol–water partition coefficient (Wildman–Crippen LogP) is 4.16. The lowest BCUT2D eigenvalue weighted by Crippen LogP contribution is -2.32. The van der Waals surface area contributed by atoms with Crippen molar-refractivity contribution in [3.05, 3.63) is 59.1 Å². The first-order valence-corrected chi connectivity index (χ1v) is 10.5. The molecule has 1 aliphatic rings. The Bertz CT molecular complexity index is 877. The van der Waals surface area contributed by atoms with Gasteiger partial charge in [-0.25, -0.2) is 8.42 Å². The number of anilines is 1. The molecular formula is C19H21ClN2O3S. The van der Waals surface area contributed by atoms with E-state index < -0.39 is 10.0 Å². The van der Waals surface area contributed by atoms with Gasteiger partial charge >= 0.3 is 0 Å². The maximum Gasteiger partial charge on any atom is 0.261 e. The molecule has 0 bridgehead atoms. The van der Waals surface area contributed by atoms with E-state index in [2.05, 4.69) is 4.72 Å². The van der Waals surface area contributed by atoms with Gasteiger partial charge in [-0.3, -0.25) is 9.52 Å². The zero-order valence-corrected chi connectivity index (χ0v) is 15.9. The molecule has 0 spiro atoms. The van der Waals surface area contributed by atoms with Crippen LogP contribution in [0.1, 0.15) is 36.0 Å². The number of benzene rings is 2. The van der Waals surface area contributed by atoms with Crippen LogP contribution < -0.4 is 4.72 Å². The third-order valence-electron chi connectivity index (χ3n) is 4.40. The summed E-state index contributed by atoms with van der Waals surface area (Å²) in [6, 6.07) is 12.7. The quantitative estimate of drug-likeness (QED) is 0.849. The van der Waals surface area contributed by atoms with Crippen molar-refractivity contribution in [1.82, 2.24) is 4.90 Å². The molecule has 0 saturated carbocycles. The average Bonchev–Trinajstić information content (AvgIpc) is 2.93. The van der Waals surface area contributed by atoms with Gasteiger partial charge in [-0.15, -0.1) is 0 Å². The summed E-state index contributed by atoms with van der Waals surface area (Å²) in [5, 5.41) is 0.321. The molecule has 5 nitrogen and oxygen atoms in total. The van der Waals surface area contributed by atoms with Crippen LogP contribution in [0.25, 0.3) is 0 Å².